The molecular formula is KMnNaO4. The SMILES string of the molecule is [K+].[Na+].[O]=[Mn](=[O])([O-])[O-]. The Morgan fingerprint density at radius 1 is 1.14 bits per heavy atom. The second kappa shape index (κ2) is 6.79. The number of hydrogen-bond acceptors (Lipinski definition) is 4. The van der Waals surface area contributed by atoms with Crippen molar-refractivity contribution in [3.63, 3.8) is 0 Å². The van der Waals surface area contributed by atoms with E-state index in [0.29, 0.717) is 0 Å². The summed E-state index contributed by atoms with van der Waals surface area (Å²) in [5.74, 6) is 0. The van der Waals surface area contributed by atoms with Gasteiger partial charge < -0.3 is 0 Å². The molecule has 0 N–H and O–H groups in total. The molecule has 0 atom stereocenters. The van der Waals surface area contributed by atoms with Crippen molar-refractivity contribution in [3.05, 3.63) is 0 Å². The Hall–Kier alpha value is 2.68. The molecule has 0 unspecified atom stereocenters. The summed E-state index contributed by atoms with van der Waals surface area (Å²) in [5.41, 5.74) is 0. The van der Waals surface area contributed by atoms with Crippen molar-refractivity contribution in [2.45, 2.75) is 0 Å². The quantitative estimate of drug-likeness (QED) is 0.347. The average Bonchev–Trinajstić information content (AvgIpc) is 0.722. The third-order valence-corrected chi connectivity index (χ3v) is 0. The van der Waals surface area contributed by atoms with Gasteiger partial charge in [0.25, 0.3) is 0 Å². The zero-order chi connectivity index (χ0) is 4.50. The number of rotatable bonds is 0. The molecule has 0 radical (unpaired) electrons. The number of hydrogen-bond donors (Lipinski definition) is 0. The van der Waals surface area contributed by atoms with Crippen LogP contribution in [-0.2, 0) is 21.0 Å². The van der Waals surface area contributed by atoms with Crippen molar-refractivity contribution in [2.24, 2.45) is 0 Å². The van der Waals surface area contributed by atoms with Gasteiger partial charge in [-0.1, -0.05) is 0 Å². The van der Waals surface area contributed by atoms with Crippen LogP contribution in [0, 0.1) is 0 Å². The van der Waals surface area contributed by atoms with Gasteiger partial charge in [0, 0.05) is 0 Å². The molecule has 0 amide bonds. The van der Waals surface area contributed by atoms with Crippen molar-refractivity contribution in [1.29, 1.82) is 0 Å². The normalized spacial score (nSPS) is 8.29. The molecule has 4 nitrogen and oxygen atoms in total. The van der Waals surface area contributed by atoms with Gasteiger partial charge in [-0.3, -0.25) is 0 Å². The molecule has 0 fully saturated rings. The Morgan fingerprint density at radius 3 is 1.14 bits per heavy atom. The van der Waals surface area contributed by atoms with E-state index in [4.69, 9.17) is 16.0 Å². The van der Waals surface area contributed by atoms with Gasteiger partial charge in [-0.25, -0.2) is 0 Å². The van der Waals surface area contributed by atoms with E-state index in [-0.39, 0.29) is 80.9 Å². The van der Waals surface area contributed by atoms with Crippen LogP contribution in [0.1, 0.15) is 0 Å². The summed E-state index contributed by atoms with van der Waals surface area (Å²) in [6.07, 6.45) is 0. The third kappa shape index (κ3) is 54.0. The molecule has 33 valence electrons. The van der Waals surface area contributed by atoms with Gasteiger partial charge in [0.05, 0.1) is 0 Å². The molecule has 0 spiro atoms. The van der Waals surface area contributed by atoms with Crippen LogP contribution in [0.4, 0.5) is 0 Å². The molecule has 0 aromatic carbocycles. The van der Waals surface area contributed by atoms with E-state index in [9.17, 15) is 0 Å². The van der Waals surface area contributed by atoms with E-state index in [1.165, 1.54) is 0 Å². The summed E-state index contributed by atoms with van der Waals surface area (Å²) in [7, 11) is 0. The Morgan fingerprint density at radius 2 is 1.14 bits per heavy atom. The minimum atomic E-state index is -5.62. The first-order chi connectivity index (χ1) is 2.00. The zero-order valence-electron chi connectivity index (χ0n) is 4.01. The predicted molar refractivity (Wildman–Crippen MR) is 1.37 cm³/mol. The maximum atomic E-state index is 8.58. The molecule has 0 saturated heterocycles. The summed E-state index contributed by atoms with van der Waals surface area (Å²) >= 11 is -5.62. The summed E-state index contributed by atoms with van der Waals surface area (Å²) in [5, 5.41) is 0. The van der Waals surface area contributed by atoms with Crippen molar-refractivity contribution in [2.75, 3.05) is 0 Å². The van der Waals surface area contributed by atoms with Gasteiger partial charge in [0.2, 0.25) is 0 Å². The second-order valence-corrected chi connectivity index (χ2v) is 1.56. The van der Waals surface area contributed by atoms with Crippen LogP contribution >= 0.6 is 0 Å². The zero-order valence-corrected chi connectivity index (χ0v) is 10.3. The van der Waals surface area contributed by atoms with Crippen molar-refractivity contribution < 1.29 is 110 Å². The van der Waals surface area contributed by atoms with Crippen molar-refractivity contribution >= 4 is 0 Å². The molecule has 7 heavy (non-hydrogen) atoms. The molecular weight excluding hydrogens is 181 g/mol. The fourth-order valence-corrected chi connectivity index (χ4v) is 0. The van der Waals surface area contributed by atoms with E-state index >= 15 is 0 Å². The van der Waals surface area contributed by atoms with Crippen LogP contribution in [0.25, 0.3) is 0 Å². The first-order valence-corrected chi connectivity index (χ1v) is 2.54. The van der Waals surface area contributed by atoms with E-state index in [1.807, 2.05) is 0 Å². The minimum absolute atomic E-state index is 0. The van der Waals surface area contributed by atoms with Gasteiger partial charge in [-0.15, -0.1) is 0 Å². The molecule has 0 aromatic rings. The standard InChI is InChI=1S/K.Mn.Na.4O/q+1;;+1;;;2*-1. The molecule has 0 heterocycles. The van der Waals surface area contributed by atoms with Crippen LogP contribution in [-0.4, -0.2) is 0 Å². The monoisotopic (exact) mass is 181 g/mol. The summed E-state index contributed by atoms with van der Waals surface area (Å²) in [4.78, 5) is 0. The Balaban J connectivity index is -0.0000000800. The van der Waals surface area contributed by atoms with Gasteiger partial charge in [-0.05, 0) is 0 Å². The Kier molecular flexibility index (Phi) is 15.9. The summed E-state index contributed by atoms with van der Waals surface area (Å²) in [6.45, 7) is 0. The van der Waals surface area contributed by atoms with Crippen LogP contribution in [0.15, 0.2) is 0 Å². The van der Waals surface area contributed by atoms with Gasteiger partial charge in [-0.2, -0.15) is 0 Å². The van der Waals surface area contributed by atoms with E-state index < -0.39 is 13.4 Å². The molecule has 0 aromatic heterocycles. The molecule has 7 heteroatoms. The van der Waals surface area contributed by atoms with Crippen LogP contribution < -0.4 is 89.3 Å². The molecule has 0 rings (SSSR count). The van der Waals surface area contributed by atoms with Gasteiger partial charge in [0.15, 0.2) is 0 Å². The van der Waals surface area contributed by atoms with Crippen molar-refractivity contribution in [1.82, 2.24) is 0 Å². The summed E-state index contributed by atoms with van der Waals surface area (Å²) in [6, 6.07) is 0. The Bertz CT molecular complexity index is 94.9. The predicted octanol–water partition coefficient (Wildman–Crippen LogP) is -8.61. The van der Waals surface area contributed by atoms with E-state index in [2.05, 4.69) is 0 Å². The molecule has 0 aliphatic rings. The third-order valence-electron chi connectivity index (χ3n) is 0. The second-order valence-electron chi connectivity index (χ2n) is 0.378. The van der Waals surface area contributed by atoms with Gasteiger partial charge in [0.1, 0.15) is 0 Å². The van der Waals surface area contributed by atoms with E-state index in [1.54, 1.807) is 0 Å². The fraction of sp³-hybridized carbons (Fsp3) is 0. The van der Waals surface area contributed by atoms with Crippen molar-refractivity contribution in [3.8, 4) is 0 Å². The van der Waals surface area contributed by atoms with E-state index in [0.717, 1.165) is 0 Å². The molecule has 0 bridgehead atoms. The first kappa shape index (κ1) is 16.3. The molecule has 0 saturated carbocycles. The van der Waals surface area contributed by atoms with Crippen LogP contribution in [0.5, 0.6) is 0 Å². The Labute approximate surface area is 108 Å². The average molecular weight is 181 g/mol. The molecule has 0 aliphatic heterocycles. The fourth-order valence-electron chi connectivity index (χ4n) is 0. The van der Waals surface area contributed by atoms with Gasteiger partial charge >= 0.3 is 110 Å². The summed E-state index contributed by atoms with van der Waals surface area (Å²) < 4.78 is 34.3. The van der Waals surface area contributed by atoms with Crippen LogP contribution in [0.3, 0.4) is 0 Å². The molecule has 0 aliphatic carbocycles. The maximum absolute atomic E-state index is 8.58. The topological polar surface area (TPSA) is 80.3 Å². The first-order valence-electron chi connectivity index (χ1n) is 0.617. The van der Waals surface area contributed by atoms with Crippen LogP contribution in [0.2, 0.25) is 0 Å².